The molecule has 1 heteroatoms. The summed E-state index contributed by atoms with van der Waals surface area (Å²) in [5, 5.41) is 3.25. The second kappa shape index (κ2) is 4.52. The van der Waals surface area contributed by atoms with Gasteiger partial charge in [-0.05, 0) is 41.0 Å². The highest BCUT2D eigenvalue weighted by Gasteiger charge is 2.35. The lowest BCUT2D eigenvalue weighted by atomic mass is 10.1. The van der Waals surface area contributed by atoms with Crippen LogP contribution in [0.1, 0.15) is 19.8 Å². The molecular formula is C17H20P. The number of benzene rings is 2. The summed E-state index contributed by atoms with van der Waals surface area (Å²) in [6.45, 7) is 4.81. The maximum absolute atomic E-state index is 2.52. The summed E-state index contributed by atoms with van der Waals surface area (Å²) in [4.78, 5) is 0. The molecule has 1 aliphatic heterocycles. The van der Waals surface area contributed by atoms with Crippen molar-refractivity contribution >= 4 is 17.9 Å². The zero-order valence-electron chi connectivity index (χ0n) is 11.2. The minimum Gasteiger partial charge on any atom is -0.0716 e. The lowest BCUT2D eigenvalue weighted by Gasteiger charge is -2.30. The van der Waals surface area contributed by atoms with E-state index in [9.17, 15) is 0 Å². The van der Waals surface area contributed by atoms with Gasteiger partial charge in [-0.25, -0.2) is 0 Å². The first-order valence-electron chi connectivity index (χ1n) is 6.82. The Hall–Kier alpha value is -1.13. The minimum absolute atomic E-state index is 1.12. The highest BCUT2D eigenvalue weighted by Crippen LogP contribution is 2.60. The molecule has 0 amide bonds. The number of rotatable bonds is 3. The molecule has 0 saturated carbocycles. The van der Waals surface area contributed by atoms with Crippen LogP contribution in [0.25, 0.3) is 11.1 Å². The van der Waals surface area contributed by atoms with Crippen molar-refractivity contribution in [3.05, 3.63) is 48.5 Å². The van der Waals surface area contributed by atoms with Crippen molar-refractivity contribution in [1.82, 2.24) is 0 Å². The van der Waals surface area contributed by atoms with Gasteiger partial charge in [-0.15, -0.1) is 0 Å². The van der Waals surface area contributed by atoms with Crippen LogP contribution in [0.4, 0.5) is 0 Å². The quantitative estimate of drug-likeness (QED) is 0.725. The van der Waals surface area contributed by atoms with Crippen LogP contribution >= 0.6 is 7.26 Å². The molecule has 0 unspecified atom stereocenters. The number of hydrogen-bond acceptors (Lipinski definition) is 0. The molecule has 0 aliphatic carbocycles. The van der Waals surface area contributed by atoms with Gasteiger partial charge >= 0.3 is 0 Å². The zero-order valence-corrected chi connectivity index (χ0v) is 12.1. The molecular weight excluding hydrogens is 235 g/mol. The summed E-state index contributed by atoms with van der Waals surface area (Å²) in [7, 11) is -1.12. The second-order valence-corrected chi connectivity index (χ2v) is 9.10. The maximum atomic E-state index is 2.52. The fraction of sp³-hybridized carbons (Fsp3) is 0.294. The highest BCUT2D eigenvalue weighted by atomic mass is 31.2. The van der Waals surface area contributed by atoms with Gasteiger partial charge in [-0.3, -0.25) is 0 Å². The molecule has 0 bridgehead atoms. The van der Waals surface area contributed by atoms with Crippen molar-refractivity contribution in [2.75, 3.05) is 12.8 Å². The van der Waals surface area contributed by atoms with Gasteiger partial charge in [0.2, 0.25) is 0 Å². The largest absolute Gasteiger partial charge is 0.0716 e. The molecule has 3 rings (SSSR count). The third-order valence-corrected chi connectivity index (χ3v) is 8.24. The van der Waals surface area contributed by atoms with Gasteiger partial charge in [0.15, 0.2) is 0 Å². The molecule has 0 fully saturated rings. The van der Waals surface area contributed by atoms with E-state index >= 15 is 0 Å². The van der Waals surface area contributed by atoms with Crippen LogP contribution < -0.4 is 10.6 Å². The highest BCUT2D eigenvalue weighted by molar-refractivity contribution is 7.90. The molecule has 18 heavy (non-hydrogen) atoms. The Morgan fingerprint density at radius 2 is 1.33 bits per heavy atom. The van der Waals surface area contributed by atoms with Crippen LogP contribution in [0.15, 0.2) is 48.5 Å². The van der Waals surface area contributed by atoms with Gasteiger partial charge in [0.05, 0.1) is 0 Å². The zero-order chi connectivity index (χ0) is 12.6. The maximum Gasteiger partial charge on any atom is -0.0101 e. The fourth-order valence-corrected chi connectivity index (χ4v) is 7.08. The average Bonchev–Trinajstić information content (AvgIpc) is 2.69. The first-order chi connectivity index (χ1) is 8.77. The van der Waals surface area contributed by atoms with Crippen molar-refractivity contribution in [3.8, 4) is 11.1 Å². The molecule has 0 atom stereocenters. The molecule has 2 aromatic rings. The van der Waals surface area contributed by atoms with E-state index in [0.717, 1.165) is 0 Å². The number of unbranched alkanes of at least 4 members (excludes halogenated alkanes) is 1. The molecule has 1 heterocycles. The van der Waals surface area contributed by atoms with Crippen molar-refractivity contribution in [1.29, 1.82) is 0 Å². The van der Waals surface area contributed by atoms with E-state index in [1.807, 2.05) is 0 Å². The predicted molar refractivity (Wildman–Crippen MR) is 83.8 cm³/mol. The Balaban J connectivity index is 2.20. The SMILES string of the molecule is CCCC[P]1(C)c2ccccc2-c2ccccc21. The molecule has 1 aliphatic rings. The summed E-state index contributed by atoms with van der Waals surface area (Å²) in [6.07, 6.45) is 3.99. The molecule has 0 N–H and O–H groups in total. The van der Waals surface area contributed by atoms with E-state index < -0.39 is 7.26 Å². The topological polar surface area (TPSA) is 0 Å². The van der Waals surface area contributed by atoms with Crippen molar-refractivity contribution < 1.29 is 0 Å². The second-order valence-electron chi connectivity index (χ2n) is 5.30. The van der Waals surface area contributed by atoms with Gasteiger partial charge in [-0.1, -0.05) is 69.1 Å². The molecule has 1 radical (unpaired) electrons. The van der Waals surface area contributed by atoms with Gasteiger partial charge in [0, 0.05) is 0 Å². The Kier molecular flexibility index (Phi) is 2.99. The standard InChI is InChI=1S/C17H20P/c1-3-4-13-18(2)16-11-7-5-9-14(16)15-10-6-8-12-17(15)18/h5-12H,3-4,13H2,1-2H3. The van der Waals surface area contributed by atoms with E-state index in [4.69, 9.17) is 0 Å². The molecule has 0 spiro atoms. The molecule has 93 valence electrons. The molecule has 0 saturated heterocycles. The Labute approximate surface area is 110 Å². The van der Waals surface area contributed by atoms with Gasteiger partial charge in [0.25, 0.3) is 0 Å². The predicted octanol–water partition coefficient (Wildman–Crippen LogP) is 4.07. The Morgan fingerprint density at radius 1 is 0.833 bits per heavy atom. The summed E-state index contributed by atoms with van der Waals surface area (Å²) in [6, 6.07) is 18.1. The van der Waals surface area contributed by atoms with Gasteiger partial charge < -0.3 is 0 Å². The van der Waals surface area contributed by atoms with Crippen LogP contribution in [-0.4, -0.2) is 12.8 Å². The monoisotopic (exact) mass is 255 g/mol. The van der Waals surface area contributed by atoms with Crippen molar-refractivity contribution in [2.45, 2.75) is 19.8 Å². The molecule has 0 nitrogen and oxygen atoms in total. The molecule has 2 aromatic carbocycles. The van der Waals surface area contributed by atoms with Crippen LogP contribution in [0.5, 0.6) is 0 Å². The summed E-state index contributed by atoms with van der Waals surface area (Å²) < 4.78 is 0. The van der Waals surface area contributed by atoms with E-state index in [1.54, 1.807) is 10.6 Å². The van der Waals surface area contributed by atoms with Crippen LogP contribution in [0.3, 0.4) is 0 Å². The van der Waals surface area contributed by atoms with Crippen molar-refractivity contribution in [3.63, 3.8) is 0 Å². The smallest absolute Gasteiger partial charge is 0.0101 e. The number of hydrogen-bond donors (Lipinski definition) is 0. The fourth-order valence-electron chi connectivity index (χ4n) is 3.11. The minimum atomic E-state index is -1.12. The van der Waals surface area contributed by atoms with Gasteiger partial charge in [0.1, 0.15) is 0 Å². The van der Waals surface area contributed by atoms with E-state index in [-0.39, 0.29) is 0 Å². The summed E-state index contributed by atoms with van der Waals surface area (Å²) in [5.74, 6) is 0. The Morgan fingerprint density at radius 3 is 1.83 bits per heavy atom. The van der Waals surface area contributed by atoms with E-state index in [0.29, 0.717) is 0 Å². The number of fused-ring (bicyclic) bond motifs is 3. The summed E-state index contributed by atoms with van der Waals surface area (Å²) in [5.41, 5.74) is 2.97. The normalized spacial score (nSPS) is 15.2. The van der Waals surface area contributed by atoms with E-state index in [2.05, 4.69) is 62.1 Å². The van der Waals surface area contributed by atoms with Crippen LogP contribution in [0, 0.1) is 0 Å². The average molecular weight is 255 g/mol. The third kappa shape index (κ3) is 1.63. The van der Waals surface area contributed by atoms with Crippen LogP contribution in [0.2, 0.25) is 0 Å². The Bertz CT molecular complexity index is 526. The first kappa shape index (κ1) is 11.9. The van der Waals surface area contributed by atoms with Gasteiger partial charge in [-0.2, -0.15) is 0 Å². The summed E-state index contributed by atoms with van der Waals surface area (Å²) >= 11 is 0. The van der Waals surface area contributed by atoms with Crippen LogP contribution in [-0.2, 0) is 0 Å². The van der Waals surface area contributed by atoms with Crippen molar-refractivity contribution in [2.24, 2.45) is 0 Å². The lowest BCUT2D eigenvalue weighted by molar-refractivity contribution is 0.891. The molecule has 0 aromatic heterocycles. The third-order valence-electron chi connectivity index (χ3n) is 4.12. The lowest BCUT2D eigenvalue weighted by Crippen LogP contribution is -2.18. The first-order valence-corrected chi connectivity index (χ1v) is 9.24. The van der Waals surface area contributed by atoms with E-state index in [1.165, 1.54) is 30.1 Å².